The molecule has 2 aliphatic rings. The summed E-state index contributed by atoms with van der Waals surface area (Å²) >= 11 is 0. The normalized spacial score (nSPS) is 43.7. The van der Waals surface area contributed by atoms with Gasteiger partial charge in [0.1, 0.15) is 0 Å². The summed E-state index contributed by atoms with van der Waals surface area (Å²) in [6.07, 6.45) is 0. The lowest BCUT2D eigenvalue weighted by Crippen LogP contribution is -2.31. The van der Waals surface area contributed by atoms with Crippen LogP contribution in [0.2, 0.25) is 0 Å². The molecule has 0 aromatic rings. The number of likely N-dealkylation sites (tertiary alicyclic amines) is 1. The van der Waals surface area contributed by atoms with Crippen molar-refractivity contribution in [1.29, 1.82) is 0 Å². The molecule has 0 aromatic carbocycles. The van der Waals surface area contributed by atoms with E-state index in [-0.39, 0.29) is 0 Å². The first kappa shape index (κ1) is 5.65. The molecule has 2 aliphatic heterocycles. The molecule has 2 rings (SSSR count). The largest absolute Gasteiger partial charge is 0.303 e. The Morgan fingerprint density at radius 2 is 1.78 bits per heavy atom. The summed E-state index contributed by atoms with van der Waals surface area (Å²) < 4.78 is 0. The number of nitrogens with zero attached hydrogens (tertiary/aromatic N) is 1. The molecule has 2 heterocycles. The van der Waals surface area contributed by atoms with E-state index in [2.05, 4.69) is 22.6 Å². The molecule has 9 heavy (non-hydrogen) atoms. The summed E-state index contributed by atoms with van der Waals surface area (Å²) in [7, 11) is 2.17. The van der Waals surface area contributed by atoms with Gasteiger partial charge in [0.2, 0.25) is 0 Å². The molecule has 2 unspecified atom stereocenters. The van der Waals surface area contributed by atoms with Crippen LogP contribution in [-0.4, -0.2) is 43.8 Å². The predicted molar refractivity (Wildman–Crippen MR) is 36.2 cm³/mol. The molecule has 52 valence electrons. The maximum Gasteiger partial charge on any atom is 0.0460 e. The van der Waals surface area contributed by atoms with Crippen molar-refractivity contribution < 1.29 is 0 Å². The zero-order chi connectivity index (χ0) is 6.27. The van der Waals surface area contributed by atoms with Crippen molar-refractivity contribution in [1.82, 2.24) is 15.5 Å². The third kappa shape index (κ3) is 0.852. The average molecular weight is 127 g/mol. The van der Waals surface area contributed by atoms with Crippen molar-refractivity contribution in [2.75, 3.05) is 26.8 Å². The first-order valence-electron chi connectivity index (χ1n) is 3.51. The number of likely N-dealkylation sites (N-methyl/N-ethyl adjacent to an activating group) is 1. The van der Waals surface area contributed by atoms with Gasteiger partial charge in [-0.05, 0) is 7.05 Å². The topological polar surface area (TPSA) is 27.3 Å². The Morgan fingerprint density at radius 3 is 2.33 bits per heavy atom. The van der Waals surface area contributed by atoms with Crippen molar-refractivity contribution in [2.45, 2.75) is 12.1 Å². The molecule has 0 spiro atoms. The molecule has 2 N–H and O–H groups in total. The highest BCUT2D eigenvalue weighted by Gasteiger charge is 2.33. The van der Waals surface area contributed by atoms with E-state index in [0.717, 1.165) is 18.8 Å². The summed E-state index contributed by atoms with van der Waals surface area (Å²) in [5.74, 6) is 0. The Kier molecular flexibility index (Phi) is 1.22. The van der Waals surface area contributed by atoms with Crippen LogP contribution in [0.25, 0.3) is 0 Å². The van der Waals surface area contributed by atoms with E-state index in [4.69, 9.17) is 0 Å². The minimum atomic E-state index is 0.718. The molecule has 2 atom stereocenters. The number of rotatable bonds is 0. The second-order valence-corrected chi connectivity index (χ2v) is 3.02. The number of nitrogens with one attached hydrogen (secondary N) is 2. The Bertz CT molecular complexity index is 103. The van der Waals surface area contributed by atoms with Gasteiger partial charge in [0.05, 0.1) is 0 Å². The lowest BCUT2D eigenvalue weighted by atomic mass is 10.2. The number of hydrogen-bond acceptors (Lipinski definition) is 3. The predicted octanol–water partition coefficient (Wildman–Crippen LogP) is -1.18. The van der Waals surface area contributed by atoms with Crippen LogP contribution in [0.3, 0.4) is 0 Å². The van der Waals surface area contributed by atoms with Crippen molar-refractivity contribution in [2.24, 2.45) is 0 Å². The van der Waals surface area contributed by atoms with Crippen LogP contribution in [-0.2, 0) is 0 Å². The van der Waals surface area contributed by atoms with E-state index in [0.29, 0.717) is 0 Å². The lowest BCUT2D eigenvalue weighted by molar-refractivity contribution is 0.384. The summed E-state index contributed by atoms with van der Waals surface area (Å²) in [6.45, 7) is 3.42. The molecule has 0 aromatic heterocycles. The SMILES string of the molecule is CN1CC2NCNC2C1. The zero-order valence-corrected chi connectivity index (χ0v) is 5.72. The fourth-order valence-electron chi connectivity index (χ4n) is 1.74. The molecular formula is C6H13N3. The van der Waals surface area contributed by atoms with E-state index in [9.17, 15) is 0 Å². The Morgan fingerprint density at radius 1 is 1.22 bits per heavy atom. The van der Waals surface area contributed by atoms with E-state index >= 15 is 0 Å². The molecule has 3 nitrogen and oxygen atoms in total. The van der Waals surface area contributed by atoms with Crippen molar-refractivity contribution in [3.8, 4) is 0 Å². The van der Waals surface area contributed by atoms with Crippen LogP contribution < -0.4 is 10.6 Å². The molecule has 2 saturated heterocycles. The van der Waals surface area contributed by atoms with Gasteiger partial charge in [-0.15, -0.1) is 0 Å². The molecule has 0 radical (unpaired) electrons. The second-order valence-electron chi connectivity index (χ2n) is 3.02. The minimum absolute atomic E-state index is 0.718. The van der Waals surface area contributed by atoms with Crippen LogP contribution in [0.1, 0.15) is 0 Å². The fourth-order valence-corrected chi connectivity index (χ4v) is 1.74. The Balaban J connectivity index is 2.02. The van der Waals surface area contributed by atoms with Gasteiger partial charge in [-0.3, -0.25) is 10.6 Å². The lowest BCUT2D eigenvalue weighted by Gasteiger charge is -2.07. The molecule has 0 saturated carbocycles. The van der Waals surface area contributed by atoms with Gasteiger partial charge in [0.25, 0.3) is 0 Å². The standard InChI is InChI=1S/C6H13N3/c1-9-2-5-6(3-9)8-4-7-5/h5-8H,2-4H2,1H3. The van der Waals surface area contributed by atoms with Crippen molar-refractivity contribution in [3.63, 3.8) is 0 Å². The second kappa shape index (κ2) is 1.94. The minimum Gasteiger partial charge on any atom is -0.303 e. The van der Waals surface area contributed by atoms with Gasteiger partial charge in [-0.2, -0.15) is 0 Å². The molecule has 0 bridgehead atoms. The van der Waals surface area contributed by atoms with Gasteiger partial charge in [0, 0.05) is 31.8 Å². The van der Waals surface area contributed by atoms with Crippen molar-refractivity contribution in [3.05, 3.63) is 0 Å². The van der Waals surface area contributed by atoms with Gasteiger partial charge >= 0.3 is 0 Å². The molecule has 0 amide bonds. The summed E-state index contributed by atoms with van der Waals surface area (Å²) in [5, 5.41) is 6.79. The maximum atomic E-state index is 3.40. The molecule has 3 heteroatoms. The highest BCUT2D eigenvalue weighted by atomic mass is 15.3. The van der Waals surface area contributed by atoms with Crippen LogP contribution in [0, 0.1) is 0 Å². The molecular weight excluding hydrogens is 114 g/mol. The van der Waals surface area contributed by atoms with Crippen molar-refractivity contribution >= 4 is 0 Å². The fraction of sp³-hybridized carbons (Fsp3) is 1.00. The van der Waals surface area contributed by atoms with E-state index < -0.39 is 0 Å². The maximum absolute atomic E-state index is 3.40. The van der Waals surface area contributed by atoms with Crippen LogP contribution >= 0.6 is 0 Å². The quantitative estimate of drug-likeness (QED) is 0.429. The van der Waals surface area contributed by atoms with Crippen LogP contribution in [0.5, 0.6) is 0 Å². The van der Waals surface area contributed by atoms with Crippen LogP contribution in [0.15, 0.2) is 0 Å². The third-order valence-corrected chi connectivity index (χ3v) is 2.23. The van der Waals surface area contributed by atoms with E-state index in [1.165, 1.54) is 13.1 Å². The average Bonchev–Trinajstić information content (AvgIpc) is 2.22. The number of hydrogen-bond donors (Lipinski definition) is 2. The summed E-state index contributed by atoms with van der Waals surface area (Å²) in [4.78, 5) is 2.36. The summed E-state index contributed by atoms with van der Waals surface area (Å²) in [5.41, 5.74) is 0. The van der Waals surface area contributed by atoms with Gasteiger partial charge in [-0.25, -0.2) is 0 Å². The van der Waals surface area contributed by atoms with Gasteiger partial charge in [0.15, 0.2) is 0 Å². The smallest absolute Gasteiger partial charge is 0.0460 e. The highest BCUT2D eigenvalue weighted by Crippen LogP contribution is 2.10. The molecule has 0 aliphatic carbocycles. The zero-order valence-electron chi connectivity index (χ0n) is 5.72. The first-order valence-corrected chi connectivity index (χ1v) is 3.51. The summed E-state index contributed by atoms with van der Waals surface area (Å²) in [6, 6.07) is 1.44. The number of fused-ring (bicyclic) bond motifs is 1. The van der Waals surface area contributed by atoms with Crippen LogP contribution in [0.4, 0.5) is 0 Å². The third-order valence-electron chi connectivity index (χ3n) is 2.23. The van der Waals surface area contributed by atoms with E-state index in [1.807, 2.05) is 0 Å². The van der Waals surface area contributed by atoms with E-state index in [1.54, 1.807) is 0 Å². The molecule has 2 fully saturated rings. The monoisotopic (exact) mass is 127 g/mol. The Hall–Kier alpha value is -0.120. The Labute approximate surface area is 55.4 Å². The first-order chi connectivity index (χ1) is 4.36. The van der Waals surface area contributed by atoms with Gasteiger partial charge < -0.3 is 4.90 Å². The van der Waals surface area contributed by atoms with Gasteiger partial charge in [-0.1, -0.05) is 0 Å². The highest BCUT2D eigenvalue weighted by molar-refractivity contribution is 4.96.